The van der Waals surface area contributed by atoms with E-state index in [9.17, 15) is 31.1 Å². The number of halogens is 6. The normalized spacial score (nSPS) is 16.0. The van der Waals surface area contributed by atoms with Gasteiger partial charge in [-0.05, 0) is 81.0 Å². The maximum atomic E-state index is 13.7. The summed E-state index contributed by atoms with van der Waals surface area (Å²) in [6, 6.07) is 3.41. The van der Waals surface area contributed by atoms with E-state index in [2.05, 4.69) is 22.8 Å². The van der Waals surface area contributed by atoms with E-state index in [-0.39, 0.29) is 24.8 Å². The number of thiol groups is 1. The first kappa shape index (κ1) is 36.5. The van der Waals surface area contributed by atoms with Gasteiger partial charge in [-0.15, -0.1) is 12.6 Å². The number of carbonyl (C=O) groups is 1. The lowest BCUT2D eigenvalue weighted by molar-refractivity contribution is -0.143. The number of rotatable bonds is 12. The number of ether oxygens (including phenoxy) is 1. The molecule has 0 aliphatic heterocycles. The van der Waals surface area contributed by atoms with Crippen molar-refractivity contribution < 1.29 is 35.9 Å². The van der Waals surface area contributed by atoms with Gasteiger partial charge in [0.1, 0.15) is 11.3 Å². The van der Waals surface area contributed by atoms with Gasteiger partial charge in [-0.2, -0.15) is 26.3 Å². The number of benzene rings is 1. The SMILES string of the molecule is CC=c1cc(CN(Cc2cc(C(F)(F)F)cc(C(F)(F)F)c2)C(S)NC(=O)OCC)c(N(CC)CC2CCCC2)nc1=CCC. The van der Waals surface area contributed by atoms with Gasteiger partial charge < -0.3 is 9.64 Å². The first-order chi connectivity index (χ1) is 21.2. The molecule has 1 aliphatic rings. The fourth-order valence-electron chi connectivity index (χ4n) is 5.59. The van der Waals surface area contributed by atoms with Crippen LogP contribution in [0.1, 0.15) is 82.1 Å². The maximum Gasteiger partial charge on any atom is 0.416 e. The lowest BCUT2D eigenvalue weighted by atomic mass is 10.0. The molecule has 1 N–H and O–H groups in total. The van der Waals surface area contributed by atoms with Crippen LogP contribution in [0.5, 0.6) is 0 Å². The maximum absolute atomic E-state index is 13.7. The Hall–Kier alpha value is -2.93. The molecule has 1 heterocycles. The van der Waals surface area contributed by atoms with Gasteiger partial charge in [0.05, 0.1) is 23.1 Å². The Labute approximate surface area is 265 Å². The van der Waals surface area contributed by atoms with E-state index in [4.69, 9.17) is 9.72 Å². The average Bonchev–Trinajstić information content (AvgIpc) is 3.48. The smallest absolute Gasteiger partial charge is 0.416 e. The molecule has 1 fully saturated rings. The van der Waals surface area contributed by atoms with Crippen LogP contribution < -0.4 is 20.8 Å². The standard InChI is InChI=1S/C32H42F6N4O2S/c1-5-11-27-23(6-2)16-24(28(39-27)41(7-3)18-21-12-9-10-13-21)20-42(29(45)40-30(43)44-8-4)19-22-14-25(31(33,34)35)17-26(15-22)32(36,37)38/h6,11,14-17,21,29,45H,5,7-10,12-13,18-20H2,1-4H3,(H,40,43). The number of amides is 1. The molecule has 0 bridgehead atoms. The molecule has 250 valence electrons. The number of nitrogens with one attached hydrogen (secondary N) is 1. The molecule has 1 aromatic carbocycles. The lowest BCUT2D eigenvalue weighted by Crippen LogP contribution is -2.45. The van der Waals surface area contributed by atoms with Crippen LogP contribution in [0.3, 0.4) is 0 Å². The molecule has 6 nitrogen and oxygen atoms in total. The molecule has 1 amide bonds. The van der Waals surface area contributed by atoms with E-state index >= 15 is 0 Å². The molecular formula is C32H42F6N4O2S. The largest absolute Gasteiger partial charge is 0.450 e. The Kier molecular flexibility index (Phi) is 13.0. The molecule has 13 heteroatoms. The van der Waals surface area contributed by atoms with Crippen LogP contribution >= 0.6 is 12.6 Å². The van der Waals surface area contributed by atoms with Crippen LogP contribution in [0, 0.1) is 5.92 Å². The summed E-state index contributed by atoms with van der Waals surface area (Å²) in [5.74, 6) is 1.16. The highest BCUT2D eigenvalue weighted by Gasteiger charge is 2.37. The molecule has 1 unspecified atom stereocenters. The second kappa shape index (κ2) is 16.1. The van der Waals surface area contributed by atoms with Crippen LogP contribution in [0.2, 0.25) is 0 Å². The van der Waals surface area contributed by atoms with Gasteiger partial charge in [-0.1, -0.05) is 31.9 Å². The van der Waals surface area contributed by atoms with Crippen LogP contribution in [-0.4, -0.2) is 41.2 Å². The molecule has 0 saturated heterocycles. The third-order valence-corrected chi connectivity index (χ3v) is 8.21. The van der Waals surface area contributed by atoms with Crippen molar-refractivity contribution >= 4 is 36.7 Å². The number of hydrogen-bond acceptors (Lipinski definition) is 6. The van der Waals surface area contributed by atoms with Crippen molar-refractivity contribution in [3.63, 3.8) is 0 Å². The van der Waals surface area contributed by atoms with Gasteiger partial charge in [0, 0.05) is 31.7 Å². The predicted molar refractivity (Wildman–Crippen MR) is 167 cm³/mol. The molecule has 0 radical (unpaired) electrons. The fourth-order valence-corrected chi connectivity index (χ4v) is 5.86. The molecule has 3 rings (SSSR count). The number of alkyl halides is 6. The number of alkyl carbamates (subject to hydrolysis) is 1. The Morgan fingerprint density at radius 3 is 2.18 bits per heavy atom. The van der Waals surface area contributed by atoms with Gasteiger partial charge in [0.2, 0.25) is 0 Å². The quantitative estimate of drug-likeness (QED) is 0.145. The third kappa shape index (κ3) is 10.3. The highest BCUT2D eigenvalue weighted by atomic mass is 32.1. The number of aromatic nitrogens is 1. The van der Waals surface area contributed by atoms with E-state index in [1.54, 1.807) is 6.92 Å². The highest BCUT2D eigenvalue weighted by Crippen LogP contribution is 2.37. The fraction of sp³-hybridized carbons (Fsp3) is 0.562. The molecule has 2 aromatic rings. The molecule has 45 heavy (non-hydrogen) atoms. The second-order valence-electron chi connectivity index (χ2n) is 11.1. The van der Waals surface area contributed by atoms with Gasteiger partial charge in [0.15, 0.2) is 0 Å². The number of pyridine rings is 1. The van der Waals surface area contributed by atoms with Gasteiger partial charge >= 0.3 is 18.4 Å². The topological polar surface area (TPSA) is 57.7 Å². The summed E-state index contributed by atoms with van der Waals surface area (Å²) in [4.78, 5) is 21.0. The highest BCUT2D eigenvalue weighted by molar-refractivity contribution is 7.80. The monoisotopic (exact) mass is 660 g/mol. The summed E-state index contributed by atoms with van der Waals surface area (Å²) in [5.41, 5.74) is -3.50. The predicted octanol–water partition coefficient (Wildman–Crippen LogP) is 7.09. The molecule has 1 aromatic heterocycles. The minimum Gasteiger partial charge on any atom is -0.450 e. The van der Waals surface area contributed by atoms with Crippen molar-refractivity contribution in [2.24, 2.45) is 5.92 Å². The van der Waals surface area contributed by atoms with Gasteiger partial charge in [-0.25, -0.2) is 9.78 Å². The van der Waals surface area contributed by atoms with Crippen LogP contribution in [0.4, 0.5) is 37.0 Å². The zero-order chi connectivity index (χ0) is 33.4. The van der Waals surface area contributed by atoms with Crippen molar-refractivity contribution in [3.05, 3.63) is 57.1 Å². The Bertz CT molecular complexity index is 1380. The molecule has 0 spiro atoms. The summed E-state index contributed by atoms with van der Waals surface area (Å²) in [7, 11) is 0. The summed E-state index contributed by atoms with van der Waals surface area (Å²) in [5, 5.41) is 4.15. The van der Waals surface area contributed by atoms with E-state index in [1.165, 1.54) is 4.90 Å². The van der Waals surface area contributed by atoms with E-state index in [0.717, 1.165) is 49.2 Å². The third-order valence-electron chi connectivity index (χ3n) is 7.76. The van der Waals surface area contributed by atoms with Crippen molar-refractivity contribution in [3.8, 4) is 0 Å². The molecule has 1 aliphatic carbocycles. The first-order valence-electron chi connectivity index (χ1n) is 15.2. The molecular weight excluding hydrogens is 618 g/mol. The number of carbonyl (C=O) groups excluding carboxylic acids is 1. The Morgan fingerprint density at radius 2 is 1.67 bits per heavy atom. The summed E-state index contributed by atoms with van der Waals surface area (Å²) in [6.45, 7) is 8.58. The molecule has 1 saturated carbocycles. The van der Waals surface area contributed by atoms with Crippen molar-refractivity contribution in [2.45, 2.75) is 90.7 Å². The Morgan fingerprint density at radius 1 is 1.04 bits per heavy atom. The number of anilines is 1. The van der Waals surface area contributed by atoms with Crippen LogP contribution in [-0.2, 0) is 30.2 Å². The zero-order valence-electron chi connectivity index (χ0n) is 26.1. The number of hydrogen-bond donors (Lipinski definition) is 2. The second-order valence-corrected chi connectivity index (χ2v) is 11.6. The van der Waals surface area contributed by atoms with E-state index in [1.807, 2.05) is 39.0 Å². The van der Waals surface area contributed by atoms with E-state index < -0.39 is 41.6 Å². The van der Waals surface area contributed by atoms with Crippen molar-refractivity contribution in [1.29, 1.82) is 0 Å². The van der Waals surface area contributed by atoms with Crippen LogP contribution in [0.15, 0.2) is 24.3 Å². The molecule has 1 atom stereocenters. The van der Waals surface area contributed by atoms with Crippen LogP contribution in [0.25, 0.3) is 12.2 Å². The van der Waals surface area contributed by atoms with Crippen molar-refractivity contribution in [2.75, 3.05) is 24.6 Å². The van der Waals surface area contributed by atoms with E-state index in [0.29, 0.717) is 36.0 Å². The summed E-state index contributed by atoms with van der Waals surface area (Å²) >= 11 is 4.51. The lowest BCUT2D eigenvalue weighted by Gasteiger charge is -2.32. The minimum absolute atomic E-state index is 0.00884. The summed E-state index contributed by atoms with van der Waals surface area (Å²) < 4.78 is 87.0. The Balaban J connectivity index is 2.15. The average molecular weight is 661 g/mol. The summed E-state index contributed by atoms with van der Waals surface area (Å²) in [6.07, 6.45) is -1.65. The van der Waals surface area contributed by atoms with Gasteiger partial charge in [-0.3, -0.25) is 10.2 Å². The minimum atomic E-state index is -5.00. The first-order valence-corrected chi connectivity index (χ1v) is 15.8. The van der Waals surface area contributed by atoms with Gasteiger partial charge in [0.25, 0.3) is 0 Å². The zero-order valence-corrected chi connectivity index (χ0v) is 27.0. The number of nitrogens with zero attached hydrogens (tertiary/aromatic N) is 3. The van der Waals surface area contributed by atoms with Crippen molar-refractivity contribution in [1.82, 2.24) is 15.2 Å².